The molecule has 78 valence electrons. The highest BCUT2D eigenvalue weighted by atomic mass is 79.9. The second kappa shape index (κ2) is 3.72. The molecule has 0 fully saturated rings. The van der Waals surface area contributed by atoms with Gasteiger partial charge in [-0.15, -0.1) is 0 Å². The van der Waals surface area contributed by atoms with Gasteiger partial charge in [-0.1, -0.05) is 15.9 Å². The van der Waals surface area contributed by atoms with Crippen LogP contribution in [0.2, 0.25) is 0 Å². The van der Waals surface area contributed by atoms with Crippen molar-refractivity contribution in [3.63, 3.8) is 0 Å². The summed E-state index contributed by atoms with van der Waals surface area (Å²) >= 11 is 3.46. The molecule has 0 N–H and O–H groups in total. The molecule has 0 unspecified atom stereocenters. The van der Waals surface area contributed by atoms with E-state index in [1.165, 1.54) is 5.39 Å². The minimum atomic E-state index is 0.694. The van der Waals surface area contributed by atoms with E-state index in [-0.39, 0.29) is 0 Å². The van der Waals surface area contributed by atoms with Crippen LogP contribution in [0, 0.1) is 0 Å². The van der Waals surface area contributed by atoms with Gasteiger partial charge in [-0.25, -0.2) is 9.97 Å². The number of hydrogen-bond acceptors (Lipinski definition) is 2. The molecule has 0 bridgehead atoms. The molecule has 3 aromatic rings. The average Bonchev–Trinajstić information content (AvgIpc) is 2.73. The third-order valence-electron chi connectivity index (χ3n) is 2.42. The first kappa shape index (κ1) is 9.54. The zero-order valence-corrected chi connectivity index (χ0v) is 9.92. The van der Waals surface area contributed by atoms with Crippen LogP contribution in [-0.2, 0) is 0 Å². The number of aromatic nitrogens is 3. The van der Waals surface area contributed by atoms with Crippen molar-refractivity contribution in [1.29, 1.82) is 0 Å². The van der Waals surface area contributed by atoms with Gasteiger partial charge in [0.05, 0.1) is 5.52 Å². The van der Waals surface area contributed by atoms with Crippen molar-refractivity contribution in [3.05, 3.63) is 53.4 Å². The smallest absolute Gasteiger partial charge is 0.234 e. The van der Waals surface area contributed by atoms with Crippen molar-refractivity contribution in [2.24, 2.45) is 0 Å². The van der Waals surface area contributed by atoms with Crippen LogP contribution in [0.3, 0.4) is 0 Å². The van der Waals surface area contributed by atoms with Gasteiger partial charge >= 0.3 is 0 Å². The second-order valence-corrected chi connectivity index (χ2v) is 4.35. The normalized spacial score (nSPS) is 10.8. The summed E-state index contributed by atoms with van der Waals surface area (Å²) in [6.07, 6.45) is 5.46. The number of benzene rings is 1. The highest BCUT2D eigenvalue weighted by Gasteiger charge is 2.04. The van der Waals surface area contributed by atoms with Crippen LogP contribution in [0.4, 0.5) is 0 Å². The van der Waals surface area contributed by atoms with Gasteiger partial charge in [0.25, 0.3) is 0 Å². The lowest BCUT2D eigenvalue weighted by Crippen LogP contribution is -1.97. The SMILES string of the molecule is Brc1ccc2c(ccn2-c2ncccn2)c1. The Hall–Kier alpha value is -1.68. The molecule has 0 atom stereocenters. The van der Waals surface area contributed by atoms with Gasteiger partial charge in [-0.2, -0.15) is 0 Å². The quantitative estimate of drug-likeness (QED) is 0.682. The molecule has 4 heteroatoms. The Morgan fingerprint density at radius 2 is 1.88 bits per heavy atom. The number of halogens is 1. The third-order valence-corrected chi connectivity index (χ3v) is 2.91. The van der Waals surface area contributed by atoms with E-state index in [2.05, 4.69) is 44.1 Å². The van der Waals surface area contributed by atoms with Crippen LogP contribution in [0.25, 0.3) is 16.9 Å². The number of fused-ring (bicyclic) bond motifs is 1. The van der Waals surface area contributed by atoms with E-state index in [1.54, 1.807) is 12.4 Å². The largest absolute Gasteiger partial charge is 0.285 e. The lowest BCUT2D eigenvalue weighted by atomic mass is 10.2. The fourth-order valence-corrected chi connectivity index (χ4v) is 2.08. The Kier molecular flexibility index (Phi) is 2.22. The number of hydrogen-bond donors (Lipinski definition) is 0. The molecule has 0 aliphatic carbocycles. The van der Waals surface area contributed by atoms with Crippen LogP contribution >= 0.6 is 15.9 Å². The molecule has 2 aromatic heterocycles. The van der Waals surface area contributed by atoms with E-state index in [0.717, 1.165) is 9.99 Å². The lowest BCUT2D eigenvalue weighted by Gasteiger charge is -2.02. The zero-order valence-electron chi connectivity index (χ0n) is 8.34. The molecule has 0 spiro atoms. The molecule has 0 amide bonds. The Morgan fingerprint density at radius 1 is 1.06 bits per heavy atom. The molecule has 0 saturated heterocycles. The highest BCUT2D eigenvalue weighted by molar-refractivity contribution is 9.10. The van der Waals surface area contributed by atoms with Gasteiger partial charge in [0.2, 0.25) is 5.95 Å². The van der Waals surface area contributed by atoms with E-state index in [4.69, 9.17) is 0 Å². The number of nitrogens with zero attached hydrogens (tertiary/aromatic N) is 3. The third kappa shape index (κ3) is 1.51. The van der Waals surface area contributed by atoms with Crippen molar-refractivity contribution in [3.8, 4) is 5.95 Å². The molecule has 16 heavy (non-hydrogen) atoms. The lowest BCUT2D eigenvalue weighted by molar-refractivity contribution is 0.962. The first-order valence-electron chi connectivity index (χ1n) is 4.88. The predicted molar refractivity (Wildman–Crippen MR) is 66.6 cm³/mol. The van der Waals surface area contributed by atoms with E-state index in [1.807, 2.05) is 22.9 Å². The summed E-state index contributed by atoms with van der Waals surface area (Å²) in [6, 6.07) is 10.0. The molecule has 0 saturated carbocycles. The van der Waals surface area contributed by atoms with Crippen LogP contribution in [0.1, 0.15) is 0 Å². The van der Waals surface area contributed by atoms with Gasteiger partial charge in [0.15, 0.2) is 0 Å². The van der Waals surface area contributed by atoms with Crippen LogP contribution in [0.5, 0.6) is 0 Å². The molecule has 2 heterocycles. The summed E-state index contributed by atoms with van der Waals surface area (Å²) in [5.74, 6) is 0.694. The maximum Gasteiger partial charge on any atom is 0.234 e. The summed E-state index contributed by atoms with van der Waals surface area (Å²) in [4.78, 5) is 8.47. The molecule has 0 aliphatic heterocycles. The average molecular weight is 274 g/mol. The van der Waals surface area contributed by atoms with Crippen LogP contribution < -0.4 is 0 Å². The van der Waals surface area contributed by atoms with Crippen molar-refractivity contribution in [2.75, 3.05) is 0 Å². The molecule has 1 aromatic carbocycles. The molecule has 0 radical (unpaired) electrons. The first-order valence-corrected chi connectivity index (χ1v) is 5.68. The maximum atomic E-state index is 4.23. The Morgan fingerprint density at radius 3 is 2.69 bits per heavy atom. The van der Waals surface area contributed by atoms with Gasteiger partial charge in [-0.3, -0.25) is 4.57 Å². The molecular formula is C12H8BrN3. The van der Waals surface area contributed by atoms with Crippen molar-refractivity contribution in [1.82, 2.24) is 14.5 Å². The Bertz CT molecular complexity index is 631. The van der Waals surface area contributed by atoms with Crippen molar-refractivity contribution >= 4 is 26.8 Å². The fraction of sp³-hybridized carbons (Fsp3) is 0. The highest BCUT2D eigenvalue weighted by Crippen LogP contribution is 2.22. The topological polar surface area (TPSA) is 30.7 Å². The van der Waals surface area contributed by atoms with Gasteiger partial charge in [0.1, 0.15) is 0 Å². The first-order chi connectivity index (χ1) is 7.84. The molecule has 3 rings (SSSR count). The molecule has 0 aliphatic rings. The Labute approximate surface area is 101 Å². The summed E-state index contributed by atoms with van der Waals surface area (Å²) in [6.45, 7) is 0. The van der Waals surface area contributed by atoms with Gasteiger partial charge in [0, 0.05) is 28.4 Å². The zero-order chi connectivity index (χ0) is 11.0. The standard InChI is InChI=1S/C12H8BrN3/c13-10-2-3-11-9(8-10)4-7-16(11)12-14-5-1-6-15-12/h1-8H. The van der Waals surface area contributed by atoms with E-state index >= 15 is 0 Å². The fourth-order valence-electron chi connectivity index (χ4n) is 1.70. The molecule has 3 nitrogen and oxygen atoms in total. The van der Waals surface area contributed by atoms with Crippen molar-refractivity contribution in [2.45, 2.75) is 0 Å². The van der Waals surface area contributed by atoms with E-state index in [0.29, 0.717) is 5.95 Å². The summed E-state index contributed by atoms with van der Waals surface area (Å²) in [5.41, 5.74) is 1.11. The van der Waals surface area contributed by atoms with Crippen LogP contribution in [0.15, 0.2) is 53.4 Å². The van der Waals surface area contributed by atoms with E-state index in [9.17, 15) is 0 Å². The van der Waals surface area contributed by atoms with Gasteiger partial charge < -0.3 is 0 Å². The molecular weight excluding hydrogens is 266 g/mol. The summed E-state index contributed by atoms with van der Waals surface area (Å²) in [5, 5.41) is 1.17. The van der Waals surface area contributed by atoms with Crippen molar-refractivity contribution < 1.29 is 0 Å². The minimum absolute atomic E-state index is 0.694. The predicted octanol–water partition coefficient (Wildman–Crippen LogP) is 3.18. The summed E-state index contributed by atoms with van der Waals surface area (Å²) in [7, 11) is 0. The number of rotatable bonds is 1. The monoisotopic (exact) mass is 273 g/mol. The van der Waals surface area contributed by atoms with Gasteiger partial charge in [-0.05, 0) is 30.3 Å². The summed E-state index contributed by atoms with van der Waals surface area (Å²) < 4.78 is 3.05. The van der Waals surface area contributed by atoms with Crippen LogP contribution in [-0.4, -0.2) is 14.5 Å². The second-order valence-electron chi connectivity index (χ2n) is 3.44. The Balaban J connectivity index is 2.26. The minimum Gasteiger partial charge on any atom is -0.285 e. The maximum absolute atomic E-state index is 4.23. The van der Waals surface area contributed by atoms with E-state index < -0.39 is 0 Å².